The molecule has 1 rings (SSSR count). The van der Waals surface area contributed by atoms with Gasteiger partial charge in [-0.15, -0.1) is 0 Å². The van der Waals surface area contributed by atoms with Gasteiger partial charge in [0.2, 0.25) is 0 Å². The molecule has 0 saturated carbocycles. The SMILES string of the molecule is CCCCOC(C)C(=O)N1CCC(OCCCN)CC1. The zero-order valence-corrected chi connectivity index (χ0v) is 13.0. The Kier molecular flexibility index (Phi) is 8.82. The molecule has 0 bridgehead atoms. The highest BCUT2D eigenvalue weighted by molar-refractivity contribution is 5.80. The van der Waals surface area contributed by atoms with Crippen LogP contribution in [0.1, 0.15) is 46.0 Å². The molecule has 0 spiro atoms. The van der Waals surface area contributed by atoms with Crippen molar-refractivity contribution in [1.29, 1.82) is 0 Å². The van der Waals surface area contributed by atoms with E-state index >= 15 is 0 Å². The minimum Gasteiger partial charge on any atom is -0.378 e. The van der Waals surface area contributed by atoms with Crippen LogP contribution in [0.25, 0.3) is 0 Å². The number of amides is 1. The molecule has 0 aromatic rings. The first kappa shape index (κ1) is 17.4. The maximum Gasteiger partial charge on any atom is 0.251 e. The molecule has 1 unspecified atom stereocenters. The molecule has 1 aliphatic rings. The average molecular weight is 286 g/mol. The first-order valence-electron chi connectivity index (χ1n) is 7.91. The number of nitrogens with zero attached hydrogens (tertiary/aromatic N) is 1. The molecule has 1 atom stereocenters. The summed E-state index contributed by atoms with van der Waals surface area (Å²) in [5.74, 6) is 0.113. The Bertz CT molecular complexity index is 266. The molecule has 5 nitrogen and oxygen atoms in total. The first-order valence-corrected chi connectivity index (χ1v) is 7.91. The second kappa shape index (κ2) is 10.1. The molecular formula is C15H30N2O3. The lowest BCUT2D eigenvalue weighted by Gasteiger charge is -2.33. The van der Waals surface area contributed by atoms with E-state index in [9.17, 15) is 4.79 Å². The predicted molar refractivity (Wildman–Crippen MR) is 79.5 cm³/mol. The minimum atomic E-state index is -0.323. The largest absolute Gasteiger partial charge is 0.378 e. The summed E-state index contributed by atoms with van der Waals surface area (Å²) in [5.41, 5.74) is 5.44. The van der Waals surface area contributed by atoms with Crippen molar-refractivity contribution in [2.75, 3.05) is 32.8 Å². The van der Waals surface area contributed by atoms with Crippen molar-refractivity contribution < 1.29 is 14.3 Å². The maximum atomic E-state index is 12.2. The number of rotatable bonds is 9. The van der Waals surface area contributed by atoms with Crippen LogP contribution < -0.4 is 5.73 Å². The number of unbranched alkanes of at least 4 members (excludes halogenated alkanes) is 1. The molecule has 1 fully saturated rings. The topological polar surface area (TPSA) is 64.8 Å². The highest BCUT2D eigenvalue weighted by Crippen LogP contribution is 2.15. The lowest BCUT2D eigenvalue weighted by Crippen LogP contribution is -2.45. The van der Waals surface area contributed by atoms with Gasteiger partial charge in [-0.1, -0.05) is 13.3 Å². The van der Waals surface area contributed by atoms with Crippen molar-refractivity contribution in [1.82, 2.24) is 4.90 Å². The van der Waals surface area contributed by atoms with E-state index in [-0.39, 0.29) is 18.1 Å². The van der Waals surface area contributed by atoms with Gasteiger partial charge in [0, 0.05) is 26.3 Å². The number of piperidine rings is 1. The van der Waals surface area contributed by atoms with Gasteiger partial charge in [0.1, 0.15) is 6.10 Å². The van der Waals surface area contributed by atoms with E-state index in [1.807, 2.05) is 11.8 Å². The summed E-state index contributed by atoms with van der Waals surface area (Å²) < 4.78 is 11.3. The molecule has 1 heterocycles. The number of carbonyl (C=O) groups excluding carboxylic acids is 1. The van der Waals surface area contributed by atoms with Crippen molar-refractivity contribution in [3.05, 3.63) is 0 Å². The lowest BCUT2D eigenvalue weighted by molar-refractivity contribution is -0.145. The van der Waals surface area contributed by atoms with Crippen LogP contribution in [0, 0.1) is 0 Å². The number of hydrogen-bond donors (Lipinski definition) is 1. The summed E-state index contributed by atoms with van der Waals surface area (Å²) in [6.07, 6.45) is 4.79. The summed E-state index contributed by atoms with van der Waals surface area (Å²) in [6.45, 7) is 7.58. The zero-order chi connectivity index (χ0) is 14.8. The van der Waals surface area contributed by atoms with Gasteiger partial charge in [0.05, 0.1) is 6.10 Å². The van der Waals surface area contributed by atoms with Crippen LogP contribution >= 0.6 is 0 Å². The van der Waals surface area contributed by atoms with E-state index in [4.69, 9.17) is 15.2 Å². The van der Waals surface area contributed by atoms with Gasteiger partial charge in [-0.25, -0.2) is 0 Å². The van der Waals surface area contributed by atoms with Crippen LogP contribution in [0.15, 0.2) is 0 Å². The van der Waals surface area contributed by atoms with Crippen LogP contribution in [0.3, 0.4) is 0 Å². The summed E-state index contributed by atoms with van der Waals surface area (Å²) in [5, 5.41) is 0. The molecule has 1 saturated heterocycles. The number of likely N-dealkylation sites (tertiary alicyclic amines) is 1. The second-order valence-electron chi connectivity index (χ2n) is 5.40. The molecule has 2 N–H and O–H groups in total. The average Bonchev–Trinajstić information content (AvgIpc) is 2.47. The molecule has 5 heteroatoms. The van der Waals surface area contributed by atoms with Gasteiger partial charge < -0.3 is 20.1 Å². The fraction of sp³-hybridized carbons (Fsp3) is 0.933. The third kappa shape index (κ3) is 6.20. The Hall–Kier alpha value is -0.650. The Morgan fingerprint density at radius 2 is 2.00 bits per heavy atom. The van der Waals surface area contributed by atoms with E-state index in [0.29, 0.717) is 13.2 Å². The monoisotopic (exact) mass is 286 g/mol. The van der Waals surface area contributed by atoms with E-state index < -0.39 is 0 Å². The standard InChI is InChI=1S/C15H30N2O3/c1-3-4-11-19-13(2)15(18)17-9-6-14(7-10-17)20-12-5-8-16/h13-14H,3-12,16H2,1-2H3. The van der Waals surface area contributed by atoms with Crippen molar-refractivity contribution >= 4 is 5.91 Å². The van der Waals surface area contributed by atoms with Gasteiger partial charge in [0.15, 0.2) is 0 Å². The maximum absolute atomic E-state index is 12.2. The van der Waals surface area contributed by atoms with Crippen molar-refractivity contribution in [2.45, 2.75) is 58.2 Å². The summed E-state index contributed by atoms with van der Waals surface area (Å²) in [4.78, 5) is 14.1. The molecule has 1 amide bonds. The van der Waals surface area contributed by atoms with Crippen LogP contribution in [0.4, 0.5) is 0 Å². The van der Waals surface area contributed by atoms with Crippen molar-refractivity contribution in [3.8, 4) is 0 Å². The van der Waals surface area contributed by atoms with Crippen molar-refractivity contribution in [2.24, 2.45) is 5.73 Å². The smallest absolute Gasteiger partial charge is 0.251 e. The van der Waals surface area contributed by atoms with Gasteiger partial charge in [-0.2, -0.15) is 0 Å². The van der Waals surface area contributed by atoms with Crippen LogP contribution in [-0.2, 0) is 14.3 Å². The van der Waals surface area contributed by atoms with Crippen molar-refractivity contribution in [3.63, 3.8) is 0 Å². The van der Waals surface area contributed by atoms with E-state index in [1.165, 1.54) is 0 Å². The highest BCUT2D eigenvalue weighted by Gasteiger charge is 2.26. The summed E-state index contributed by atoms with van der Waals surface area (Å²) >= 11 is 0. The molecule has 0 radical (unpaired) electrons. The van der Waals surface area contributed by atoms with Crippen LogP contribution in [-0.4, -0.2) is 55.9 Å². The fourth-order valence-electron chi connectivity index (χ4n) is 2.31. The Morgan fingerprint density at radius 3 is 2.60 bits per heavy atom. The number of ether oxygens (including phenoxy) is 2. The molecule has 1 aliphatic heterocycles. The molecule has 118 valence electrons. The second-order valence-corrected chi connectivity index (χ2v) is 5.40. The summed E-state index contributed by atoms with van der Waals surface area (Å²) in [7, 11) is 0. The normalized spacial score (nSPS) is 18.2. The Balaban J connectivity index is 2.21. The van der Waals surface area contributed by atoms with Gasteiger partial charge >= 0.3 is 0 Å². The quantitative estimate of drug-likeness (QED) is 0.653. The number of hydrogen-bond acceptors (Lipinski definition) is 4. The molecule has 0 aromatic heterocycles. The van der Waals surface area contributed by atoms with Crippen LogP contribution in [0.5, 0.6) is 0 Å². The van der Waals surface area contributed by atoms with Gasteiger partial charge in [-0.05, 0) is 39.2 Å². The molecule has 20 heavy (non-hydrogen) atoms. The predicted octanol–water partition coefficient (Wildman–Crippen LogP) is 1.55. The Morgan fingerprint density at radius 1 is 1.30 bits per heavy atom. The third-order valence-corrected chi connectivity index (χ3v) is 3.67. The lowest BCUT2D eigenvalue weighted by atomic mass is 10.1. The fourth-order valence-corrected chi connectivity index (χ4v) is 2.31. The van der Waals surface area contributed by atoms with Crippen LogP contribution in [0.2, 0.25) is 0 Å². The number of nitrogens with two attached hydrogens (primary N) is 1. The first-order chi connectivity index (χ1) is 9.69. The van der Waals surface area contributed by atoms with Gasteiger partial charge in [-0.3, -0.25) is 4.79 Å². The Labute approximate surface area is 122 Å². The molecule has 0 aliphatic carbocycles. The van der Waals surface area contributed by atoms with Gasteiger partial charge in [0.25, 0.3) is 5.91 Å². The number of carbonyl (C=O) groups is 1. The van der Waals surface area contributed by atoms with E-state index in [0.717, 1.165) is 51.8 Å². The zero-order valence-electron chi connectivity index (χ0n) is 13.0. The van der Waals surface area contributed by atoms with E-state index in [1.54, 1.807) is 0 Å². The highest BCUT2D eigenvalue weighted by atomic mass is 16.5. The molecular weight excluding hydrogens is 256 g/mol. The molecule has 0 aromatic carbocycles. The third-order valence-electron chi connectivity index (χ3n) is 3.67. The van der Waals surface area contributed by atoms with E-state index in [2.05, 4.69) is 6.92 Å². The summed E-state index contributed by atoms with van der Waals surface area (Å²) in [6, 6.07) is 0. The minimum absolute atomic E-state index is 0.113.